The number of hydrogen-bond donors (Lipinski definition) is 1. The molecular weight excluding hydrogens is 258 g/mol. The van der Waals surface area contributed by atoms with E-state index in [1.165, 1.54) is 0 Å². The zero-order chi connectivity index (χ0) is 14.8. The van der Waals surface area contributed by atoms with Crippen LogP contribution >= 0.6 is 0 Å². The molecule has 0 atom stereocenters. The van der Waals surface area contributed by atoms with Gasteiger partial charge in [-0.05, 0) is 29.2 Å². The molecule has 2 heteroatoms. The number of aromatic nitrogens is 1. The van der Waals surface area contributed by atoms with E-state index in [2.05, 4.69) is 50.2 Å². The molecule has 3 aromatic rings. The zero-order valence-electron chi connectivity index (χ0n) is 12.4. The molecule has 1 aromatic heterocycles. The van der Waals surface area contributed by atoms with Gasteiger partial charge in [0.15, 0.2) is 0 Å². The minimum atomic E-state index is 0.0588. The van der Waals surface area contributed by atoms with Crippen LogP contribution in [0, 0.1) is 0 Å². The molecule has 0 amide bonds. The maximum Gasteiger partial charge on any atom is 0.0783 e. The van der Waals surface area contributed by atoms with Crippen LogP contribution in [0.3, 0.4) is 0 Å². The van der Waals surface area contributed by atoms with E-state index in [4.69, 9.17) is 4.98 Å². The van der Waals surface area contributed by atoms with Crippen LogP contribution in [0.25, 0.3) is 22.0 Å². The fourth-order valence-electron chi connectivity index (χ4n) is 2.55. The van der Waals surface area contributed by atoms with Crippen molar-refractivity contribution in [2.45, 2.75) is 26.4 Å². The predicted molar refractivity (Wildman–Crippen MR) is 87.2 cm³/mol. The Morgan fingerprint density at radius 2 is 1.81 bits per heavy atom. The molecule has 0 spiro atoms. The molecule has 2 nitrogen and oxygen atoms in total. The van der Waals surface area contributed by atoms with Gasteiger partial charge >= 0.3 is 0 Å². The first kappa shape index (κ1) is 13.8. The second-order valence-electron chi connectivity index (χ2n) is 5.63. The van der Waals surface area contributed by atoms with Gasteiger partial charge in [-0.1, -0.05) is 56.3 Å². The van der Waals surface area contributed by atoms with E-state index in [1.807, 2.05) is 18.2 Å². The fraction of sp³-hybridized carbons (Fsp3) is 0.211. The van der Waals surface area contributed by atoms with Crippen molar-refractivity contribution in [1.29, 1.82) is 0 Å². The maximum atomic E-state index is 9.32. The molecule has 0 saturated carbocycles. The summed E-state index contributed by atoms with van der Waals surface area (Å²) < 4.78 is 0. The van der Waals surface area contributed by atoms with Crippen LogP contribution in [0.2, 0.25) is 0 Å². The minimum absolute atomic E-state index is 0.0588. The fourth-order valence-corrected chi connectivity index (χ4v) is 2.55. The van der Waals surface area contributed by atoms with Crippen LogP contribution in [0.5, 0.6) is 0 Å². The first-order valence-corrected chi connectivity index (χ1v) is 7.29. The highest BCUT2D eigenvalue weighted by Gasteiger charge is 2.08. The lowest BCUT2D eigenvalue weighted by Crippen LogP contribution is -1.94. The maximum absolute atomic E-state index is 9.32. The van der Waals surface area contributed by atoms with Crippen molar-refractivity contribution >= 4 is 10.9 Å². The van der Waals surface area contributed by atoms with Crippen LogP contribution in [0.4, 0.5) is 0 Å². The van der Waals surface area contributed by atoms with Crippen LogP contribution in [-0.2, 0) is 6.61 Å². The Balaban J connectivity index is 2.23. The van der Waals surface area contributed by atoms with Crippen LogP contribution in [0.15, 0.2) is 54.6 Å². The van der Waals surface area contributed by atoms with Gasteiger partial charge in [-0.25, -0.2) is 0 Å². The summed E-state index contributed by atoms with van der Waals surface area (Å²) in [5, 5.41) is 10.5. The highest BCUT2D eigenvalue weighted by Crippen LogP contribution is 2.29. The number of benzene rings is 2. The molecule has 21 heavy (non-hydrogen) atoms. The third-order valence-corrected chi connectivity index (χ3v) is 3.75. The molecule has 0 fully saturated rings. The third kappa shape index (κ3) is 2.67. The second-order valence-corrected chi connectivity index (χ2v) is 5.63. The average molecular weight is 277 g/mol. The van der Waals surface area contributed by atoms with Gasteiger partial charge in [0.2, 0.25) is 0 Å². The van der Waals surface area contributed by atoms with Gasteiger partial charge < -0.3 is 5.11 Å². The Labute approximate surface area is 125 Å². The standard InChI is InChI=1S/C19H19NO/c1-13(2)18-10-9-15-6-4-8-17(19(15)20-18)16-7-3-5-14(11-16)12-21/h3-11,13,21H,12H2,1-2H3. The number of para-hydroxylation sites is 1. The minimum Gasteiger partial charge on any atom is -0.392 e. The van der Waals surface area contributed by atoms with E-state index in [1.54, 1.807) is 0 Å². The Hall–Kier alpha value is -2.19. The molecule has 106 valence electrons. The number of rotatable bonds is 3. The van der Waals surface area contributed by atoms with Crippen molar-refractivity contribution < 1.29 is 5.11 Å². The lowest BCUT2D eigenvalue weighted by molar-refractivity contribution is 0.282. The molecule has 2 aromatic carbocycles. The Bertz CT molecular complexity index is 777. The van der Waals surface area contributed by atoms with Crippen molar-refractivity contribution in [2.24, 2.45) is 0 Å². The van der Waals surface area contributed by atoms with Gasteiger partial charge in [-0.2, -0.15) is 0 Å². The molecule has 1 heterocycles. The highest BCUT2D eigenvalue weighted by atomic mass is 16.3. The highest BCUT2D eigenvalue weighted by molar-refractivity contribution is 5.93. The Morgan fingerprint density at radius 1 is 1.00 bits per heavy atom. The molecule has 3 rings (SSSR count). The molecule has 1 N–H and O–H groups in total. The second kappa shape index (κ2) is 5.66. The van der Waals surface area contributed by atoms with Crippen LogP contribution in [-0.4, -0.2) is 10.1 Å². The summed E-state index contributed by atoms with van der Waals surface area (Å²) in [5.41, 5.74) is 5.27. The molecule has 0 aliphatic heterocycles. The van der Waals surface area contributed by atoms with Crippen LogP contribution < -0.4 is 0 Å². The van der Waals surface area contributed by atoms with E-state index < -0.39 is 0 Å². The summed E-state index contributed by atoms with van der Waals surface area (Å²) >= 11 is 0. The van der Waals surface area contributed by atoms with Gasteiger partial charge in [-0.3, -0.25) is 4.98 Å². The SMILES string of the molecule is CC(C)c1ccc2cccc(-c3cccc(CO)c3)c2n1. The van der Waals surface area contributed by atoms with E-state index in [9.17, 15) is 5.11 Å². The van der Waals surface area contributed by atoms with Crippen molar-refractivity contribution in [2.75, 3.05) is 0 Å². The van der Waals surface area contributed by atoms with Crippen molar-refractivity contribution in [3.8, 4) is 11.1 Å². The number of hydrogen-bond acceptors (Lipinski definition) is 2. The summed E-state index contributed by atoms with van der Waals surface area (Å²) in [5.74, 6) is 0.409. The largest absolute Gasteiger partial charge is 0.392 e. The van der Waals surface area contributed by atoms with Crippen molar-refractivity contribution in [3.63, 3.8) is 0 Å². The summed E-state index contributed by atoms with van der Waals surface area (Å²) in [6.45, 7) is 4.37. The lowest BCUT2D eigenvalue weighted by Gasteiger charge is -2.10. The Kier molecular flexibility index (Phi) is 3.72. The number of aliphatic hydroxyl groups is 1. The normalized spacial score (nSPS) is 11.2. The average Bonchev–Trinajstić information content (AvgIpc) is 2.53. The summed E-state index contributed by atoms with van der Waals surface area (Å²) in [4.78, 5) is 4.84. The lowest BCUT2D eigenvalue weighted by atomic mass is 9.99. The molecule has 0 bridgehead atoms. The summed E-state index contributed by atoms with van der Waals surface area (Å²) in [6.07, 6.45) is 0. The topological polar surface area (TPSA) is 33.1 Å². The van der Waals surface area contributed by atoms with E-state index in [-0.39, 0.29) is 6.61 Å². The zero-order valence-corrected chi connectivity index (χ0v) is 12.4. The molecule has 0 radical (unpaired) electrons. The first-order valence-electron chi connectivity index (χ1n) is 7.29. The van der Waals surface area contributed by atoms with Gasteiger partial charge in [0, 0.05) is 16.6 Å². The van der Waals surface area contributed by atoms with Gasteiger partial charge in [0.1, 0.15) is 0 Å². The summed E-state index contributed by atoms with van der Waals surface area (Å²) in [7, 11) is 0. The number of fused-ring (bicyclic) bond motifs is 1. The monoisotopic (exact) mass is 277 g/mol. The van der Waals surface area contributed by atoms with Gasteiger partial charge in [0.25, 0.3) is 0 Å². The molecule has 0 aliphatic carbocycles. The quantitative estimate of drug-likeness (QED) is 0.763. The number of nitrogens with zero attached hydrogens (tertiary/aromatic N) is 1. The third-order valence-electron chi connectivity index (χ3n) is 3.75. The number of pyridine rings is 1. The van der Waals surface area contributed by atoms with Crippen molar-refractivity contribution in [1.82, 2.24) is 4.98 Å². The molecule has 0 saturated heterocycles. The van der Waals surface area contributed by atoms with Crippen molar-refractivity contribution in [3.05, 3.63) is 65.9 Å². The first-order chi connectivity index (χ1) is 10.2. The molecular formula is C19H19NO. The van der Waals surface area contributed by atoms with Crippen LogP contribution in [0.1, 0.15) is 31.0 Å². The summed E-state index contributed by atoms with van der Waals surface area (Å²) in [6, 6.07) is 18.5. The molecule has 0 unspecified atom stereocenters. The van der Waals surface area contributed by atoms with E-state index in [0.717, 1.165) is 33.3 Å². The smallest absolute Gasteiger partial charge is 0.0783 e. The van der Waals surface area contributed by atoms with Gasteiger partial charge in [0.05, 0.1) is 12.1 Å². The van der Waals surface area contributed by atoms with Gasteiger partial charge in [-0.15, -0.1) is 0 Å². The van der Waals surface area contributed by atoms with E-state index in [0.29, 0.717) is 5.92 Å². The Morgan fingerprint density at radius 3 is 2.57 bits per heavy atom. The predicted octanol–water partition coefficient (Wildman–Crippen LogP) is 4.52. The molecule has 0 aliphatic rings. The van der Waals surface area contributed by atoms with E-state index >= 15 is 0 Å². The number of aliphatic hydroxyl groups excluding tert-OH is 1.